The highest BCUT2D eigenvalue weighted by Crippen LogP contribution is 2.46. The first-order chi connectivity index (χ1) is 19.4. The molecule has 0 radical (unpaired) electrons. The van der Waals surface area contributed by atoms with Crippen LogP contribution < -0.4 is 23.7 Å². The summed E-state index contributed by atoms with van der Waals surface area (Å²) in [6.45, 7) is 3.42. The van der Waals surface area contributed by atoms with E-state index in [9.17, 15) is 9.59 Å². The zero-order chi connectivity index (χ0) is 28.6. The van der Waals surface area contributed by atoms with Crippen molar-refractivity contribution in [3.8, 4) is 28.7 Å². The summed E-state index contributed by atoms with van der Waals surface area (Å²) < 4.78 is 33.2. The van der Waals surface area contributed by atoms with E-state index in [1.165, 1.54) is 26.9 Å². The molecule has 0 bridgehead atoms. The molecule has 0 aliphatic carbocycles. The number of methoxy groups -OCH3 is 3. The molecule has 0 spiro atoms. The van der Waals surface area contributed by atoms with E-state index in [0.717, 1.165) is 18.7 Å². The van der Waals surface area contributed by atoms with Crippen molar-refractivity contribution in [2.45, 2.75) is 26.3 Å². The van der Waals surface area contributed by atoms with Crippen molar-refractivity contribution in [3.63, 3.8) is 0 Å². The lowest BCUT2D eigenvalue weighted by Gasteiger charge is -2.20. The summed E-state index contributed by atoms with van der Waals surface area (Å²) in [6, 6.07) is 15.3. The van der Waals surface area contributed by atoms with Crippen LogP contribution in [0.2, 0.25) is 0 Å². The third kappa shape index (κ3) is 6.15. The average Bonchev–Trinajstić information content (AvgIpc) is 3.44. The van der Waals surface area contributed by atoms with Crippen molar-refractivity contribution < 1.29 is 38.0 Å². The molecule has 0 fully saturated rings. The van der Waals surface area contributed by atoms with Crippen LogP contribution in [-0.2, 0) is 24.1 Å². The molecule has 1 aliphatic heterocycles. The van der Waals surface area contributed by atoms with Gasteiger partial charge in [-0.15, -0.1) is 0 Å². The van der Waals surface area contributed by atoms with Crippen LogP contribution in [0.1, 0.15) is 44.3 Å². The molecule has 3 aromatic rings. The van der Waals surface area contributed by atoms with Crippen LogP contribution in [0.25, 0.3) is 0 Å². The normalized spacial score (nSPS) is 11.8. The number of rotatable bonds is 13. The summed E-state index contributed by atoms with van der Waals surface area (Å²) in [5.74, 6) is 0.984. The Labute approximate surface area is 234 Å². The first-order valence-electron chi connectivity index (χ1n) is 13.1. The number of ketones is 1. The fraction of sp³-hybridized carbons (Fsp3) is 0.355. The van der Waals surface area contributed by atoms with Gasteiger partial charge < -0.3 is 33.3 Å². The molecule has 9 heteroatoms. The Hall–Kier alpha value is -4.24. The molecule has 1 aliphatic rings. The summed E-state index contributed by atoms with van der Waals surface area (Å²) >= 11 is 0. The minimum Gasteiger partial charge on any atom is -0.493 e. The second kappa shape index (κ2) is 13.2. The van der Waals surface area contributed by atoms with Gasteiger partial charge in [0.1, 0.15) is 5.56 Å². The lowest BCUT2D eigenvalue weighted by molar-refractivity contribution is 0.0518. The van der Waals surface area contributed by atoms with E-state index in [-0.39, 0.29) is 42.5 Å². The number of carbonyl (C=O) groups excluding carboxylic acids is 2. The average molecular weight is 550 g/mol. The number of esters is 1. The fourth-order valence-corrected chi connectivity index (χ4v) is 4.84. The van der Waals surface area contributed by atoms with Gasteiger partial charge in [-0.1, -0.05) is 30.3 Å². The number of benzene rings is 3. The molecule has 0 saturated carbocycles. The molecule has 0 atom stereocenters. The SMILES string of the molecule is CCOC(=O)c1c(C(=O)Cc2c(CCN(C)Cc3ccccc3)cc3c(c2OC)OCO3)ccc(OC)c1OC. The van der Waals surface area contributed by atoms with Crippen molar-refractivity contribution in [3.05, 3.63) is 76.3 Å². The standard InChI is InChI=1S/C31H35NO8/c1-6-38-31(34)27-22(12-13-25(35-3)29(27)37-5)24(33)17-23-21(16-26-30(28(23)36-4)40-19-39-26)14-15-32(2)18-20-10-8-7-9-11-20/h7-13,16H,6,14-15,17-19H2,1-5H3. The van der Waals surface area contributed by atoms with Crippen molar-refractivity contribution in [1.29, 1.82) is 0 Å². The van der Waals surface area contributed by atoms with E-state index in [0.29, 0.717) is 35.0 Å². The molecule has 9 nitrogen and oxygen atoms in total. The van der Waals surface area contributed by atoms with Crippen LogP contribution in [0.4, 0.5) is 0 Å². The highest BCUT2D eigenvalue weighted by molar-refractivity contribution is 6.09. The van der Waals surface area contributed by atoms with Crippen LogP contribution in [0.15, 0.2) is 48.5 Å². The van der Waals surface area contributed by atoms with Gasteiger partial charge in [-0.3, -0.25) is 4.79 Å². The van der Waals surface area contributed by atoms with Crippen LogP contribution in [0, 0.1) is 0 Å². The maximum atomic E-state index is 13.9. The molecule has 0 amide bonds. The number of likely N-dealkylation sites (N-methyl/N-ethyl adjacent to an activating group) is 1. The number of Topliss-reactive ketones (excluding diaryl/α,β-unsaturated/α-hetero) is 1. The van der Waals surface area contributed by atoms with Crippen molar-refractivity contribution in [2.24, 2.45) is 0 Å². The first-order valence-corrected chi connectivity index (χ1v) is 13.1. The monoisotopic (exact) mass is 549 g/mol. The van der Waals surface area contributed by atoms with Gasteiger partial charge in [0.2, 0.25) is 12.5 Å². The summed E-state index contributed by atoms with van der Waals surface area (Å²) in [7, 11) is 6.47. The van der Waals surface area contributed by atoms with Crippen molar-refractivity contribution >= 4 is 11.8 Å². The molecule has 0 aromatic heterocycles. The number of fused-ring (bicyclic) bond motifs is 1. The molecule has 40 heavy (non-hydrogen) atoms. The minimum atomic E-state index is -0.665. The quantitative estimate of drug-likeness (QED) is 0.222. The zero-order valence-corrected chi connectivity index (χ0v) is 23.6. The number of ether oxygens (including phenoxy) is 6. The highest BCUT2D eigenvalue weighted by atomic mass is 16.7. The smallest absolute Gasteiger partial charge is 0.342 e. The van der Waals surface area contributed by atoms with Crippen LogP contribution in [-0.4, -0.2) is 65.0 Å². The van der Waals surface area contributed by atoms with Gasteiger partial charge in [-0.2, -0.15) is 0 Å². The Morgan fingerprint density at radius 3 is 2.38 bits per heavy atom. The van der Waals surface area contributed by atoms with Gasteiger partial charge in [0, 0.05) is 30.6 Å². The molecule has 1 heterocycles. The largest absolute Gasteiger partial charge is 0.493 e. The molecule has 4 rings (SSSR count). The van der Waals surface area contributed by atoms with E-state index < -0.39 is 5.97 Å². The molecule has 212 valence electrons. The lowest BCUT2D eigenvalue weighted by atomic mass is 9.92. The highest BCUT2D eigenvalue weighted by Gasteiger charge is 2.30. The Morgan fingerprint density at radius 1 is 0.950 bits per heavy atom. The van der Waals surface area contributed by atoms with Gasteiger partial charge in [0.05, 0.1) is 27.9 Å². The number of hydrogen-bond donors (Lipinski definition) is 0. The van der Waals surface area contributed by atoms with Crippen molar-refractivity contribution in [1.82, 2.24) is 4.90 Å². The first kappa shape index (κ1) is 28.8. The molecule has 3 aromatic carbocycles. The second-order valence-electron chi connectivity index (χ2n) is 9.30. The number of carbonyl (C=O) groups is 2. The minimum absolute atomic E-state index is 0.0255. The summed E-state index contributed by atoms with van der Waals surface area (Å²) in [5.41, 5.74) is 2.98. The Bertz CT molecular complexity index is 1360. The maximum absolute atomic E-state index is 13.9. The van der Waals surface area contributed by atoms with E-state index in [1.54, 1.807) is 19.1 Å². The van der Waals surface area contributed by atoms with Gasteiger partial charge in [-0.25, -0.2) is 4.79 Å². The molecule has 0 saturated heterocycles. The van der Waals surface area contributed by atoms with E-state index in [2.05, 4.69) is 24.1 Å². The predicted molar refractivity (Wildman–Crippen MR) is 149 cm³/mol. The van der Waals surface area contributed by atoms with E-state index in [4.69, 9.17) is 28.4 Å². The topological polar surface area (TPSA) is 92.8 Å². The third-order valence-corrected chi connectivity index (χ3v) is 6.74. The summed E-state index contributed by atoms with van der Waals surface area (Å²) in [5, 5.41) is 0. The van der Waals surface area contributed by atoms with Gasteiger partial charge in [-0.05, 0) is 49.7 Å². The molecular formula is C31H35NO8. The summed E-state index contributed by atoms with van der Waals surface area (Å²) in [4.78, 5) is 29.0. The maximum Gasteiger partial charge on any atom is 0.342 e. The Morgan fingerprint density at radius 2 is 1.70 bits per heavy atom. The van der Waals surface area contributed by atoms with Gasteiger partial charge in [0.15, 0.2) is 28.8 Å². The van der Waals surface area contributed by atoms with Crippen LogP contribution in [0.3, 0.4) is 0 Å². The zero-order valence-electron chi connectivity index (χ0n) is 23.6. The van der Waals surface area contributed by atoms with E-state index in [1.807, 2.05) is 24.3 Å². The van der Waals surface area contributed by atoms with Gasteiger partial charge in [0.25, 0.3) is 0 Å². The number of hydrogen-bond acceptors (Lipinski definition) is 9. The fourth-order valence-electron chi connectivity index (χ4n) is 4.84. The third-order valence-electron chi connectivity index (χ3n) is 6.74. The number of nitrogens with zero attached hydrogens (tertiary/aromatic N) is 1. The summed E-state index contributed by atoms with van der Waals surface area (Å²) in [6.07, 6.45) is 0.592. The van der Waals surface area contributed by atoms with Crippen LogP contribution >= 0.6 is 0 Å². The second-order valence-corrected chi connectivity index (χ2v) is 9.30. The molecule has 0 N–H and O–H groups in total. The predicted octanol–water partition coefficient (Wildman–Crippen LogP) is 4.72. The molecule has 0 unspecified atom stereocenters. The Kier molecular flexibility index (Phi) is 9.50. The van der Waals surface area contributed by atoms with Gasteiger partial charge >= 0.3 is 5.97 Å². The van der Waals surface area contributed by atoms with Crippen molar-refractivity contribution in [2.75, 3.05) is 48.3 Å². The molecular weight excluding hydrogens is 514 g/mol. The van der Waals surface area contributed by atoms with Crippen LogP contribution in [0.5, 0.6) is 28.7 Å². The Balaban J connectivity index is 1.69. The lowest BCUT2D eigenvalue weighted by Crippen LogP contribution is -2.21. The van der Waals surface area contributed by atoms with E-state index >= 15 is 0 Å².